The van der Waals surface area contributed by atoms with Gasteiger partial charge in [0.15, 0.2) is 0 Å². The Morgan fingerprint density at radius 2 is 1.72 bits per heavy atom. The maximum Gasteiger partial charge on any atom is 0.0367 e. The predicted octanol–water partition coefficient (Wildman–Crippen LogP) is 2.11. The zero-order chi connectivity index (χ0) is 13.0. The minimum atomic E-state index is 0.441. The summed E-state index contributed by atoms with van der Waals surface area (Å²) < 4.78 is 0. The largest absolute Gasteiger partial charge is 0.369 e. The molecule has 0 bridgehead atoms. The monoisotopic (exact) mass is 247 g/mol. The molecule has 1 unspecified atom stereocenters. The first-order valence-electron chi connectivity index (χ1n) is 6.97. The van der Waals surface area contributed by atoms with Gasteiger partial charge in [0, 0.05) is 37.9 Å². The number of likely N-dealkylation sites (N-methyl/N-ethyl adjacent to an activating group) is 1. The van der Waals surface area contributed by atoms with E-state index in [1.54, 1.807) is 0 Å². The second kappa shape index (κ2) is 6.21. The van der Waals surface area contributed by atoms with Crippen LogP contribution in [0.1, 0.15) is 25.5 Å². The molecule has 3 heteroatoms. The Morgan fingerprint density at radius 1 is 1.11 bits per heavy atom. The van der Waals surface area contributed by atoms with Crippen molar-refractivity contribution in [3.63, 3.8) is 0 Å². The van der Waals surface area contributed by atoms with Crippen LogP contribution in [0.25, 0.3) is 0 Å². The van der Waals surface area contributed by atoms with Crippen molar-refractivity contribution in [2.45, 2.75) is 19.9 Å². The van der Waals surface area contributed by atoms with Gasteiger partial charge in [-0.15, -0.1) is 0 Å². The molecule has 0 radical (unpaired) electrons. The zero-order valence-electron chi connectivity index (χ0n) is 11.8. The number of nitrogens with one attached hydrogen (secondary N) is 1. The van der Waals surface area contributed by atoms with E-state index in [2.05, 4.69) is 60.3 Å². The number of piperazine rings is 1. The van der Waals surface area contributed by atoms with Crippen molar-refractivity contribution in [3.05, 3.63) is 29.8 Å². The van der Waals surface area contributed by atoms with E-state index in [0.717, 1.165) is 32.7 Å². The van der Waals surface area contributed by atoms with Gasteiger partial charge in [-0.2, -0.15) is 0 Å². The number of nitrogens with zero attached hydrogens (tertiary/aromatic N) is 2. The number of hydrogen-bond donors (Lipinski definition) is 1. The molecule has 0 amide bonds. The van der Waals surface area contributed by atoms with E-state index in [9.17, 15) is 0 Å². The Bertz CT molecular complexity index is 353. The van der Waals surface area contributed by atoms with Crippen LogP contribution in [-0.4, -0.2) is 44.7 Å². The zero-order valence-corrected chi connectivity index (χ0v) is 11.8. The highest BCUT2D eigenvalue weighted by molar-refractivity contribution is 5.48. The van der Waals surface area contributed by atoms with Crippen LogP contribution in [0.15, 0.2) is 24.3 Å². The molecule has 1 fully saturated rings. The molecule has 1 atom stereocenters. The summed E-state index contributed by atoms with van der Waals surface area (Å²) in [6.07, 6.45) is 0. The minimum absolute atomic E-state index is 0.441. The van der Waals surface area contributed by atoms with Gasteiger partial charge in [0.25, 0.3) is 0 Å². The molecule has 0 aromatic heterocycles. The summed E-state index contributed by atoms with van der Waals surface area (Å²) in [6, 6.07) is 9.46. The average molecular weight is 247 g/mol. The molecule has 100 valence electrons. The third-order valence-corrected chi connectivity index (χ3v) is 3.77. The Balaban J connectivity index is 1.99. The summed E-state index contributed by atoms with van der Waals surface area (Å²) >= 11 is 0. The minimum Gasteiger partial charge on any atom is -0.369 e. The third kappa shape index (κ3) is 3.24. The molecular weight excluding hydrogens is 222 g/mol. The number of benzene rings is 1. The van der Waals surface area contributed by atoms with Gasteiger partial charge in [-0.05, 0) is 38.2 Å². The molecule has 1 N–H and O–H groups in total. The highest BCUT2D eigenvalue weighted by Crippen LogP contribution is 2.20. The van der Waals surface area contributed by atoms with Gasteiger partial charge in [0.2, 0.25) is 0 Å². The van der Waals surface area contributed by atoms with Crippen molar-refractivity contribution in [2.24, 2.45) is 0 Å². The van der Waals surface area contributed by atoms with E-state index in [1.807, 2.05) is 0 Å². The van der Waals surface area contributed by atoms with Crippen molar-refractivity contribution in [2.75, 3.05) is 44.7 Å². The molecule has 3 nitrogen and oxygen atoms in total. The summed E-state index contributed by atoms with van der Waals surface area (Å²) in [4.78, 5) is 4.86. The fourth-order valence-corrected chi connectivity index (χ4v) is 2.46. The first-order chi connectivity index (χ1) is 8.70. The molecule has 1 saturated heterocycles. The van der Waals surface area contributed by atoms with Crippen molar-refractivity contribution in [3.8, 4) is 0 Å². The summed E-state index contributed by atoms with van der Waals surface area (Å²) in [5.74, 6) is 0. The van der Waals surface area contributed by atoms with Crippen molar-refractivity contribution >= 4 is 5.69 Å². The molecule has 18 heavy (non-hydrogen) atoms. The summed E-state index contributed by atoms with van der Waals surface area (Å²) in [7, 11) is 2.19. The SMILES string of the molecule is CCNC(C)c1ccc(N2CCN(C)CC2)cc1. The van der Waals surface area contributed by atoms with E-state index in [4.69, 9.17) is 0 Å². The Hall–Kier alpha value is -1.06. The lowest BCUT2D eigenvalue weighted by atomic mass is 10.1. The summed E-state index contributed by atoms with van der Waals surface area (Å²) in [6.45, 7) is 9.98. The molecule has 2 rings (SSSR count). The fraction of sp³-hybridized carbons (Fsp3) is 0.600. The highest BCUT2D eigenvalue weighted by Gasteiger charge is 2.14. The van der Waals surface area contributed by atoms with Gasteiger partial charge in [-0.25, -0.2) is 0 Å². The molecule has 1 heterocycles. The first-order valence-corrected chi connectivity index (χ1v) is 6.97. The summed E-state index contributed by atoms with van der Waals surface area (Å²) in [5, 5.41) is 3.45. The maximum atomic E-state index is 3.45. The number of anilines is 1. The third-order valence-electron chi connectivity index (χ3n) is 3.77. The second-order valence-corrected chi connectivity index (χ2v) is 5.16. The van der Waals surface area contributed by atoms with Crippen LogP contribution in [0.5, 0.6) is 0 Å². The van der Waals surface area contributed by atoms with Gasteiger partial charge in [-0.1, -0.05) is 19.1 Å². The summed E-state index contributed by atoms with van der Waals surface area (Å²) in [5.41, 5.74) is 2.73. The number of hydrogen-bond acceptors (Lipinski definition) is 3. The average Bonchev–Trinajstić information content (AvgIpc) is 2.40. The molecule has 0 aliphatic carbocycles. The topological polar surface area (TPSA) is 18.5 Å². The standard InChI is InChI=1S/C15H25N3/c1-4-16-13(2)14-5-7-15(8-6-14)18-11-9-17(3)10-12-18/h5-8,13,16H,4,9-12H2,1-3H3. The van der Waals surface area contributed by atoms with Crippen LogP contribution in [0.4, 0.5) is 5.69 Å². The Kier molecular flexibility index (Phi) is 4.61. The van der Waals surface area contributed by atoms with Crippen LogP contribution < -0.4 is 10.2 Å². The number of rotatable bonds is 4. The Labute approximate surface area is 111 Å². The molecule has 1 aliphatic rings. The smallest absolute Gasteiger partial charge is 0.0367 e. The molecule has 0 spiro atoms. The quantitative estimate of drug-likeness (QED) is 0.879. The normalized spacial score (nSPS) is 18.9. The van der Waals surface area contributed by atoms with Gasteiger partial charge in [-0.3, -0.25) is 0 Å². The Morgan fingerprint density at radius 3 is 2.28 bits per heavy atom. The fourth-order valence-electron chi connectivity index (χ4n) is 2.46. The van der Waals surface area contributed by atoms with Gasteiger partial charge in [0.1, 0.15) is 0 Å². The lowest BCUT2D eigenvalue weighted by Crippen LogP contribution is -2.44. The van der Waals surface area contributed by atoms with Crippen LogP contribution >= 0.6 is 0 Å². The molecular formula is C15H25N3. The predicted molar refractivity (Wildman–Crippen MR) is 78.2 cm³/mol. The van der Waals surface area contributed by atoms with E-state index in [-0.39, 0.29) is 0 Å². The molecule has 1 aliphatic heterocycles. The van der Waals surface area contributed by atoms with Crippen LogP contribution in [0.2, 0.25) is 0 Å². The van der Waals surface area contributed by atoms with Gasteiger partial charge in [0.05, 0.1) is 0 Å². The van der Waals surface area contributed by atoms with E-state index >= 15 is 0 Å². The van der Waals surface area contributed by atoms with Crippen LogP contribution in [0, 0.1) is 0 Å². The van der Waals surface area contributed by atoms with Crippen molar-refractivity contribution < 1.29 is 0 Å². The van der Waals surface area contributed by atoms with Crippen LogP contribution in [0.3, 0.4) is 0 Å². The van der Waals surface area contributed by atoms with Gasteiger partial charge < -0.3 is 15.1 Å². The second-order valence-electron chi connectivity index (χ2n) is 5.16. The van der Waals surface area contributed by atoms with E-state index in [1.165, 1.54) is 11.3 Å². The molecule has 0 saturated carbocycles. The molecule has 1 aromatic rings. The lowest BCUT2D eigenvalue weighted by Gasteiger charge is -2.34. The van der Waals surface area contributed by atoms with Crippen LogP contribution in [-0.2, 0) is 0 Å². The first kappa shape index (κ1) is 13.4. The van der Waals surface area contributed by atoms with E-state index < -0.39 is 0 Å². The lowest BCUT2D eigenvalue weighted by molar-refractivity contribution is 0.313. The van der Waals surface area contributed by atoms with E-state index in [0.29, 0.717) is 6.04 Å². The maximum absolute atomic E-state index is 3.45. The van der Waals surface area contributed by atoms with Crippen molar-refractivity contribution in [1.29, 1.82) is 0 Å². The molecule has 1 aromatic carbocycles. The highest BCUT2D eigenvalue weighted by atomic mass is 15.2. The van der Waals surface area contributed by atoms with Gasteiger partial charge >= 0.3 is 0 Å². The van der Waals surface area contributed by atoms with Crippen molar-refractivity contribution in [1.82, 2.24) is 10.2 Å².